The second-order valence-corrected chi connectivity index (χ2v) is 12.4. The van der Waals surface area contributed by atoms with Crippen molar-refractivity contribution in [2.75, 3.05) is 18.3 Å². The Kier molecular flexibility index (Phi) is 11.9. The Balaban J connectivity index is 1.30. The van der Waals surface area contributed by atoms with E-state index in [9.17, 15) is 9.59 Å². The fourth-order valence-corrected chi connectivity index (χ4v) is 6.26. The van der Waals surface area contributed by atoms with Gasteiger partial charge in [0.1, 0.15) is 5.75 Å². The van der Waals surface area contributed by atoms with Crippen LogP contribution in [0, 0.1) is 0 Å². The molecule has 2 heterocycles. The number of benzene rings is 3. The molecule has 0 spiro atoms. The summed E-state index contributed by atoms with van der Waals surface area (Å²) in [6, 6.07) is 21.5. The topological polar surface area (TPSA) is 68.3 Å². The monoisotopic (exact) mass is 658 g/mol. The summed E-state index contributed by atoms with van der Waals surface area (Å²) in [7, 11) is 0. The molecule has 0 bridgehead atoms. The highest BCUT2D eigenvalue weighted by molar-refractivity contribution is 6.06. The first-order valence-corrected chi connectivity index (χ1v) is 17.1. The quantitative estimate of drug-likeness (QED) is 0.128. The smallest absolute Gasteiger partial charge is 0.255 e. The Morgan fingerprint density at radius 2 is 1.57 bits per heavy atom. The van der Waals surface area contributed by atoms with E-state index in [1.54, 1.807) is 29.2 Å². The Morgan fingerprint density at radius 3 is 2.27 bits per heavy atom. The molecule has 2 amide bonds. The molecule has 0 saturated heterocycles. The summed E-state index contributed by atoms with van der Waals surface area (Å²) in [5, 5.41) is 0. The Hall–Kier alpha value is -5.30. The van der Waals surface area contributed by atoms with E-state index in [1.165, 1.54) is 0 Å². The van der Waals surface area contributed by atoms with Crippen LogP contribution in [0.5, 0.6) is 17.2 Å². The Labute approximate surface area is 290 Å². The van der Waals surface area contributed by atoms with Crippen molar-refractivity contribution in [2.45, 2.75) is 65.0 Å². The van der Waals surface area contributed by atoms with Crippen LogP contribution in [0.15, 0.2) is 115 Å². The Morgan fingerprint density at radius 1 is 0.878 bits per heavy atom. The minimum atomic E-state index is -0.218. The first kappa shape index (κ1) is 35.0. The van der Waals surface area contributed by atoms with Gasteiger partial charge in [-0.2, -0.15) is 0 Å². The lowest BCUT2D eigenvalue weighted by molar-refractivity contribution is -0.130. The van der Waals surface area contributed by atoms with Gasteiger partial charge in [-0.3, -0.25) is 14.5 Å². The van der Waals surface area contributed by atoms with E-state index in [-0.39, 0.29) is 36.6 Å². The van der Waals surface area contributed by atoms with Crippen molar-refractivity contribution in [3.05, 3.63) is 132 Å². The maximum atomic E-state index is 13.6. The number of amides is 2. The summed E-state index contributed by atoms with van der Waals surface area (Å²) in [5.74, 6) is 2.02. The number of hydrogen-bond donors (Lipinski definition) is 0. The highest BCUT2D eigenvalue weighted by Crippen LogP contribution is 2.36. The van der Waals surface area contributed by atoms with Crippen molar-refractivity contribution in [1.82, 2.24) is 4.90 Å². The number of nitrogens with zero attached hydrogens (tertiary/aromatic N) is 2. The van der Waals surface area contributed by atoms with Crippen LogP contribution in [-0.4, -0.2) is 42.2 Å². The molecule has 2 aliphatic heterocycles. The molecule has 3 aromatic carbocycles. The average molecular weight is 659 g/mol. The van der Waals surface area contributed by atoms with Gasteiger partial charge >= 0.3 is 0 Å². The lowest BCUT2D eigenvalue weighted by Crippen LogP contribution is -2.43. The number of carbonyl (C=O) groups excluding carboxylic acids is 2. The molecule has 3 aromatic rings. The highest BCUT2D eigenvalue weighted by atomic mass is 16.7. The minimum absolute atomic E-state index is 0.0359. The van der Waals surface area contributed by atoms with Crippen molar-refractivity contribution in [3.63, 3.8) is 0 Å². The fourth-order valence-electron chi connectivity index (χ4n) is 6.26. The molecule has 49 heavy (non-hydrogen) atoms. The molecule has 0 N–H and O–H groups in total. The number of allylic oxidation sites excluding steroid dienone is 3. The molecule has 0 aliphatic carbocycles. The van der Waals surface area contributed by atoms with Gasteiger partial charge in [-0.05, 0) is 92.5 Å². The molecule has 2 unspecified atom stereocenters. The fraction of sp³-hybridized carbons (Fsp3) is 0.286. The maximum Gasteiger partial charge on any atom is 0.255 e. The number of rotatable bonds is 14. The number of para-hydroxylation sites is 1. The number of anilines is 1. The molecule has 0 saturated carbocycles. The van der Waals surface area contributed by atoms with Crippen LogP contribution < -0.4 is 19.1 Å². The van der Waals surface area contributed by atoms with Gasteiger partial charge < -0.3 is 19.1 Å². The molecule has 254 valence electrons. The van der Waals surface area contributed by atoms with E-state index < -0.39 is 0 Å². The third-order valence-corrected chi connectivity index (χ3v) is 8.70. The summed E-state index contributed by atoms with van der Waals surface area (Å²) in [6.07, 6.45) is 17.4. The van der Waals surface area contributed by atoms with Crippen LogP contribution in [0.1, 0.15) is 69.6 Å². The largest absolute Gasteiger partial charge is 0.492 e. The summed E-state index contributed by atoms with van der Waals surface area (Å²) >= 11 is 0. The van der Waals surface area contributed by atoms with E-state index in [1.807, 2.05) is 83.8 Å². The zero-order chi connectivity index (χ0) is 34.8. The maximum absolute atomic E-state index is 13.6. The van der Waals surface area contributed by atoms with E-state index in [2.05, 4.69) is 46.4 Å². The van der Waals surface area contributed by atoms with Crippen LogP contribution in [0.3, 0.4) is 0 Å². The molecule has 7 heteroatoms. The normalized spacial score (nSPS) is 15.9. The average Bonchev–Trinajstić information content (AvgIpc) is 3.75. The first-order chi connectivity index (χ1) is 23.8. The number of hydrogen-bond acceptors (Lipinski definition) is 5. The second-order valence-electron chi connectivity index (χ2n) is 12.4. The van der Waals surface area contributed by atoms with Gasteiger partial charge in [-0.25, -0.2) is 0 Å². The van der Waals surface area contributed by atoms with Crippen molar-refractivity contribution in [1.29, 1.82) is 0 Å². The van der Waals surface area contributed by atoms with Gasteiger partial charge in [0, 0.05) is 47.1 Å². The predicted molar refractivity (Wildman–Crippen MR) is 198 cm³/mol. The van der Waals surface area contributed by atoms with E-state index in [4.69, 9.17) is 14.2 Å². The van der Waals surface area contributed by atoms with Gasteiger partial charge in [0.2, 0.25) is 12.7 Å². The summed E-state index contributed by atoms with van der Waals surface area (Å²) in [5.41, 5.74) is 4.18. The van der Waals surface area contributed by atoms with Crippen LogP contribution in [0.2, 0.25) is 0 Å². The standard InChI is InChI=1S/C42H46N2O5/c1-6-13-34(7-2)43(30(4)5)41(45)24-20-31-18-22-37-33(28-47-39(37)26-31)14-12-17-35(8-3)44(36-15-10-9-11-16-36)42(46)25-21-32-19-23-38-40(27-32)49-29-48-38/h8-12,14-27,30,33-34H,3,6-7,13,28-29H2,1-2,4-5H3/b14-12-,24-20+,25-21+,35-17+. The van der Waals surface area contributed by atoms with Crippen molar-refractivity contribution in [2.24, 2.45) is 0 Å². The molecule has 0 radical (unpaired) electrons. The third-order valence-electron chi connectivity index (χ3n) is 8.70. The molecular weight excluding hydrogens is 612 g/mol. The Bertz CT molecular complexity index is 1750. The van der Waals surface area contributed by atoms with E-state index in [0.29, 0.717) is 23.8 Å². The van der Waals surface area contributed by atoms with Gasteiger partial charge in [-0.15, -0.1) is 0 Å². The summed E-state index contributed by atoms with van der Waals surface area (Å²) in [4.78, 5) is 30.4. The zero-order valence-electron chi connectivity index (χ0n) is 28.9. The molecule has 0 aromatic heterocycles. The van der Waals surface area contributed by atoms with Crippen LogP contribution in [0.4, 0.5) is 5.69 Å². The van der Waals surface area contributed by atoms with Crippen molar-refractivity contribution in [3.8, 4) is 17.2 Å². The summed E-state index contributed by atoms with van der Waals surface area (Å²) in [6.45, 7) is 13.2. The number of carbonyl (C=O) groups is 2. The molecule has 2 atom stereocenters. The van der Waals surface area contributed by atoms with Gasteiger partial charge in [0.15, 0.2) is 11.5 Å². The predicted octanol–water partition coefficient (Wildman–Crippen LogP) is 9.09. The lowest BCUT2D eigenvalue weighted by Gasteiger charge is -2.34. The molecule has 7 nitrogen and oxygen atoms in total. The summed E-state index contributed by atoms with van der Waals surface area (Å²) < 4.78 is 16.9. The highest BCUT2D eigenvalue weighted by Gasteiger charge is 2.24. The van der Waals surface area contributed by atoms with Gasteiger partial charge in [-0.1, -0.05) is 75.4 Å². The minimum Gasteiger partial charge on any atom is -0.492 e. The molecule has 5 rings (SSSR count). The van der Waals surface area contributed by atoms with Crippen LogP contribution >= 0.6 is 0 Å². The first-order valence-electron chi connectivity index (χ1n) is 17.1. The lowest BCUT2D eigenvalue weighted by atomic mass is 9.99. The van der Waals surface area contributed by atoms with Crippen molar-refractivity contribution < 1.29 is 23.8 Å². The van der Waals surface area contributed by atoms with Gasteiger partial charge in [0.05, 0.1) is 6.61 Å². The van der Waals surface area contributed by atoms with Crippen LogP contribution in [0.25, 0.3) is 12.2 Å². The number of ether oxygens (including phenoxy) is 3. The SMILES string of the molecule is C=C/C(=C\C=C/C1COc2cc(/C=C/C(=O)N(C(C)C)C(CC)CCC)ccc21)N(C(=O)/C=C/c1ccc2c(c1)OCO2)c1ccccc1. The molecule has 2 aliphatic rings. The zero-order valence-corrected chi connectivity index (χ0v) is 28.9. The van der Waals surface area contributed by atoms with E-state index in [0.717, 1.165) is 47.4 Å². The number of fused-ring (bicyclic) bond motifs is 2. The van der Waals surface area contributed by atoms with E-state index >= 15 is 0 Å². The van der Waals surface area contributed by atoms with Gasteiger partial charge in [0.25, 0.3) is 5.91 Å². The van der Waals surface area contributed by atoms with Crippen LogP contribution in [-0.2, 0) is 9.59 Å². The second kappa shape index (κ2) is 16.7. The molecular formula is C42H46N2O5. The molecule has 0 fully saturated rings. The third kappa shape index (κ3) is 8.60. The van der Waals surface area contributed by atoms with Crippen molar-refractivity contribution >= 4 is 29.7 Å².